The summed E-state index contributed by atoms with van der Waals surface area (Å²) >= 11 is 1.28. The van der Waals surface area contributed by atoms with Gasteiger partial charge in [-0.2, -0.15) is 0 Å². The van der Waals surface area contributed by atoms with E-state index in [1.807, 2.05) is 54.3 Å². The van der Waals surface area contributed by atoms with Crippen molar-refractivity contribution < 1.29 is 18.7 Å². The van der Waals surface area contributed by atoms with Gasteiger partial charge in [-0.3, -0.25) is 4.79 Å². The Morgan fingerprint density at radius 2 is 1.94 bits per heavy atom. The van der Waals surface area contributed by atoms with E-state index in [0.717, 1.165) is 54.0 Å². The molecule has 0 bridgehead atoms. The number of hydrogen-bond donors (Lipinski definition) is 0. The molecule has 32 heavy (non-hydrogen) atoms. The SMILES string of the molecule is Cc1ccccc1-c1nnc(SCC(=O)N2CCC[C@@H]2c2ccc3c(c2)OCCCO3)o1. The van der Waals surface area contributed by atoms with Gasteiger partial charge in [-0.15, -0.1) is 10.2 Å². The summed E-state index contributed by atoms with van der Waals surface area (Å²) in [6.07, 6.45) is 2.79. The van der Waals surface area contributed by atoms with Crippen molar-refractivity contribution in [3.63, 3.8) is 0 Å². The van der Waals surface area contributed by atoms with Crippen LogP contribution in [0.1, 0.15) is 36.4 Å². The molecular weight excluding hydrogens is 426 g/mol. The molecule has 0 N–H and O–H groups in total. The summed E-state index contributed by atoms with van der Waals surface area (Å²) in [7, 11) is 0. The third kappa shape index (κ3) is 4.32. The first-order valence-corrected chi connectivity index (χ1v) is 11.9. The number of amides is 1. The second kappa shape index (κ2) is 9.24. The van der Waals surface area contributed by atoms with Crippen molar-refractivity contribution >= 4 is 17.7 Å². The van der Waals surface area contributed by atoms with E-state index in [0.29, 0.717) is 24.3 Å². The van der Waals surface area contributed by atoms with Gasteiger partial charge in [-0.25, -0.2) is 0 Å². The van der Waals surface area contributed by atoms with Crippen LogP contribution in [0, 0.1) is 6.92 Å². The molecule has 0 unspecified atom stereocenters. The molecule has 2 aromatic carbocycles. The van der Waals surface area contributed by atoms with Crippen LogP contribution in [0.25, 0.3) is 11.5 Å². The number of ether oxygens (including phenoxy) is 2. The molecule has 1 amide bonds. The zero-order valence-corrected chi connectivity index (χ0v) is 18.8. The van der Waals surface area contributed by atoms with Crippen LogP contribution in [-0.2, 0) is 4.79 Å². The standard InChI is InChI=1S/C24H25N3O4S/c1-16-6-2-3-7-18(16)23-25-26-24(31-23)32-15-22(28)27-11-4-8-19(27)17-9-10-20-21(14-17)30-13-5-12-29-20/h2-3,6-7,9-10,14,19H,4-5,8,11-13,15H2,1H3/t19-/m1/s1. The monoisotopic (exact) mass is 451 g/mol. The number of carbonyl (C=O) groups excluding carboxylic acids is 1. The summed E-state index contributed by atoms with van der Waals surface area (Å²) in [5.74, 6) is 2.35. The molecule has 0 spiro atoms. The normalized spacial score (nSPS) is 17.9. The van der Waals surface area contributed by atoms with Crippen LogP contribution in [0.4, 0.5) is 0 Å². The van der Waals surface area contributed by atoms with Crippen molar-refractivity contribution in [1.29, 1.82) is 0 Å². The molecule has 1 saturated heterocycles. The number of benzene rings is 2. The van der Waals surface area contributed by atoms with E-state index in [1.165, 1.54) is 11.8 Å². The Balaban J connectivity index is 1.25. The van der Waals surface area contributed by atoms with E-state index in [4.69, 9.17) is 13.9 Å². The number of hydrogen-bond acceptors (Lipinski definition) is 7. The molecule has 0 radical (unpaired) electrons. The van der Waals surface area contributed by atoms with Gasteiger partial charge in [0.15, 0.2) is 11.5 Å². The highest BCUT2D eigenvalue weighted by molar-refractivity contribution is 7.99. The molecule has 1 aromatic heterocycles. The van der Waals surface area contributed by atoms with Crippen LogP contribution >= 0.6 is 11.8 Å². The number of rotatable bonds is 5. The van der Waals surface area contributed by atoms with Gasteiger partial charge in [0.1, 0.15) is 0 Å². The molecule has 166 valence electrons. The molecular formula is C24H25N3O4S. The highest BCUT2D eigenvalue weighted by Crippen LogP contribution is 2.38. The van der Waals surface area contributed by atoms with E-state index in [-0.39, 0.29) is 17.7 Å². The molecule has 1 fully saturated rings. The quantitative estimate of drug-likeness (QED) is 0.522. The minimum absolute atomic E-state index is 0.0467. The predicted octanol–water partition coefficient (Wildman–Crippen LogP) is 4.66. The number of aryl methyl sites for hydroxylation is 1. The Labute approximate surface area is 191 Å². The fourth-order valence-electron chi connectivity index (χ4n) is 4.20. The van der Waals surface area contributed by atoms with Crippen molar-refractivity contribution in [3.8, 4) is 23.0 Å². The molecule has 8 heteroatoms. The first-order chi connectivity index (χ1) is 15.7. The van der Waals surface area contributed by atoms with E-state index in [2.05, 4.69) is 10.2 Å². The first kappa shape index (κ1) is 20.9. The molecule has 3 aromatic rings. The lowest BCUT2D eigenvalue weighted by molar-refractivity contribution is -0.129. The van der Waals surface area contributed by atoms with Crippen molar-refractivity contribution in [2.45, 2.75) is 37.5 Å². The number of aromatic nitrogens is 2. The summed E-state index contributed by atoms with van der Waals surface area (Å²) in [6, 6.07) is 13.9. The highest BCUT2D eigenvalue weighted by Gasteiger charge is 2.31. The largest absolute Gasteiger partial charge is 0.490 e. The zero-order chi connectivity index (χ0) is 21.9. The molecule has 0 saturated carbocycles. The van der Waals surface area contributed by atoms with Crippen molar-refractivity contribution in [1.82, 2.24) is 15.1 Å². The molecule has 2 aliphatic rings. The molecule has 7 nitrogen and oxygen atoms in total. The van der Waals surface area contributed by atoms with Gasteiger partial charge in [0, 0.05) is 18.5 Å². The van der Waals surface area contributed by atoms with Gasteiger partial charge in [0.2, 0.25) is 11.8 Å². The Kier molecular flexibility index (Phi) is 6.03. The third-order valence-electron chi connectivity index (χ3n) is 5.83. The van der Waals surface area contributed by atoms with Crippen LogP contribution in [0.3, 0.4) is 0 Å². The number of carbonyl (C=O) groups is 1. The highest BCUT2D eigenvalue weighted by atomic mass is 32.2. The molecule has 1 atom stereocenters. The van der Waals surface area contributed by atoms with Gasteiger partial charge in [0.25, 0.3) is 5.22 Å². The van der Waals surface area contributed by atoms with Crippen molar-refractivity contribution in [2.24, 2.45) is 0 Å². The fraction of sp³-hybridized carbons (Fsp3) is 0.375. The maximum atomic E-state index is 13.0. The zero-order valence-electron chi connectivity index (χ0n) is 18.0. The van der Waals surface area contributed by atoms with Crippen molar-refractivity contribution in [2.75, 3.05) is 25.5 Å². The maximum absolute atomic E-state index is 13.0. The van der Waals surface area contributed by atoms with Crippen LogP contribution in [0.15, 0.2) is 52.1 Å². The number of fused-ring (bicyclic) bond motifs is 1. The van der Waals surface area contributed by atoms with Gasteiger partial charge in [-0.1, -0.05) is 36.0 Å². The van der Waals surface area contributed by atoms with E-state index < -0.39 is 0 Å². The van der Waals surface area contributed by atoms with Gasteiger partial charge in [-0.05, 0) is 49.1 Å². The lowest BCUT2D eigenvalue weighted by atomic mass is 10.0. The lowest BCUT2D eigenvalue weighted by Gasteiger charge is -2.25. The Morgan fingerprint density at radius 1 is 1.09 bits per heavy atom. The summed E-state index contributed by atoms with van der Waals surface area (Å²) in [5, 5.41) is 8.66. The number of thioether (sulfide) groups is 1. The topological polar surface area (TPSA) is 77.7 Å². The Bertz CT molecular complexity index is 1120. The summed E-state index contributed by atoms with van der Waals surface area (Å²) in [4.78, 5) is 15.0. The molecule has 2 aliphatic heterocycles. The predicted molar refractivity (Wildman–Crippen MR) is 121 cm³/mol. The minimum atomic E-state index is 0.0467. The minimum Gasteiger partial charge on any atom is -0.490 e. The second-order valence-electron chi connectivity index (χ2n) is 7.98. The van der Waals surface area contributed by atoms with E-state index >= 15 is 0 Å². The Hall–Kier alpha value is -3.00. The fourth-order valence-corrected chi connectivity index (χ4v) is 4.84. The second-order valence-corrected chi connectivity index (χ2v) is 8.91. The van der Waals surface area contributed by atoms with Crippen LogP contribution < -0.4 is 9.47 Å². The van der Waals surface area contributed by atoms with Gasteiger partial charge < -0.3 is 18.8 Å². The smallest absolute Gasteiger partial charge is 0.277 e. The van der Waals surface area contributed by atoms with Crippen molar-refractivity contribution in [3.05, 3.63) is 53.6 Å². The lowest BCUT2D eigenvalue weighted by Crippen LogP contribution is -2.32. The average molecular weight is 452 g/mol. The van der Waals surface area contributed by atoms with Crippen LogP contribution in [0.2, 0.25) is 0 Å². The average Bonchev–Trinajstić information content (AvgIpc) is 3.43. The van der Waals surface area contributed by atoms with Crippen LogP contribution in [-0.4, -0.2) is 46.5 Å². The van der Waals surface area contributed by atoms with E-state index in [9.17, 15) is 4.79 Å². The number of likely N-dealkylation sites (tertiary alicyclic amines) is 1. The summed E-state index contributed by atoms with van der Waals surface area (Å²) < 4.78 is 17.4. The number of nitrogens with zero attached hydrogens (tertiary/aromatic N) is 3. The Morgan fingerprint density at radius 3 is 2.81 bits per heavy atom. The van der Waals surface area contributed by atoms with E-state index in [1.54, 1.807) is 0 Å². The molecule has 3 heterocycles. The molecule has 0 aliphatic carbocycles. The van der Waals surface area contributed by atoms with Gasteiger partial charge in [0.05, 0.1) is 25.0 Å². The van der Waals surface area contributed by atoms with Crippen LogP contribution in [0.5, 0.6) is 11.5 Å². The third-order valence-corrected chi connectivity index (χ3v) is 6.63. The van der Waals surface area contributed by atoms with Gasteiger partial charge >= 0.3 is 0 Å². The maximum Gasteiger partial charge on any atom is 0.277 e. The first-order valence-electron chi connectivity index (χ1n) is 10.9. The molecule has 5 rings (SSSR count). The summed E-state index contributed by atoms with van der Waals surface area (Å²) in [6.45, 7) is 4.06. The summed E-state index contributed by atoms with van der Waals surface area (Å²) in [5.41, 5.74) is 3.07.